The highest BCUT2D eigenvalue weighted by molar-refractivity contribution is 6.36. The molecule has 0 bridgehead atoms. The molecule has 1 N–H and O–H groups in total. The van der Waals surface area contributed by atoms with E-state index in [0.29, 0.717) is 10.0 Å². The van der Waals surface area contributed by atoms with Gasteiger partial charge < -0.3 is 4.98 Å². The van der Waals surface area contributed by atoms with E-state index < -0.39 is 0 Å². The first-order valence-corrected chi connectivity index (χ1v) is 6.24. The van der Waals surface area contributed by atoms with Crippen LogP contribution in [0.1, 0.15) is 0 Å². The van der Waals surface area contributed by atoms with E-state index in [2.05, 4.69) is 9.97 Å². The van der Waals surface area contributed by atoms with Crippen molar-refractivity contribution in [3.05, 3.63) is 46.6 Å². The molecule has 4 aromatic rings. The van der Waals surface area contributed by atoms with Crippen molar-refractivity contribution in [2.75, 3.05) is 0 Å². The molecule has 3 aromatic heterocycles. The first kappa shape index (κ1) is 10.2. The molecule has 5 heteroatoms. The lowest BCUT2D eigenvalue weighted by molar-refractivity contribution is 1.20. The predicted molar refractivity (Wildman–Crippen MR) is 74.6 cm³/mol. The van der Waals surface area contributed by atoms with Gasteiger partial charge in [-0.25, -0.2) is 4.98 Å². The largest absolute Gasteiger partial charge is 0.338 e. The molecule has 4 rings (SSSR count). The van der Waals surface area contributed by atoms with Gasteiger partial charge in [0, 0.05) is 11.6 Å². The van der Waals surface area contributed by atoms with E-state index in [-0.39, 0.29) is 0 Å². The van der Waals surface area contributed by atoms with Crippen LogP contribution < -0.4 is 0 Å². The number of aromatic amines is 1. The van der Waals surface area contributed by atoms with Crippen LogP contribution in [0.15, 0.2) is 36.5 Å². The van der Waals surface area contributed by atoms with Crippen LogP contribution >= 0.6 is 23.2 Å². The fourth-order valence-electron chi connectivity index (χ4n) is 2.31. The number of imidazole rings is 1. The van der Waals surface area contributed by atoms with Gasteiger partial charge in [-0.3, -0.25) is 4.40 Å². The van der Waals surface area contributed by atoms with Gasteiger partial charge in [0.05, 0.1) is 15.6 Å². The highest BCUT2D eigenvalue weighted by Crippen LogP contribution is 2.31. The van der Waals surface area contributed by atoms with Gasteiger partial charge in [0.2, 0.25) is 0 Å². The lowest BCUT2D eigenvalue weighted by Gasteiger charge is -1.96. The monoisotopic (exact) mass is 275 g/mol. The predicted octanol–water partition coefficient (Wildman–Crippen LogP) is 4.28. The van der Waals surface area contributed by atoms with Crippen molar-refractivity contribution >= 4 is 50.9 Å². The molecule has 0 aliphatic carbocycles. The Kier molecular flexibility index (Phi) is 1.93. The summed E-state index contributed by atoms with van der Waals surface area (Å²) < 4.78 is 1.94. The zero-order chi connectivity index (χ0) is 12.3. The first-order valence-electron chi connectivity index (χ1n) is 5.48. The molecule has 88 valence electrons. The molecule has 3 heterocycles. The van der Waals surface area contributed by atoms with Crippen LogP contribution in [0.25, 0.3) is 27.7 Å². The summed E-state index contributed by atoms with van der Waals surface area (Å²) in [6.07, 6.45) is 1.93. The highest BCUT2D eigenvalue weighted by atomic mass is 35.5. The van der Waals surface area contributed by atoms with Crippen molar-refractivity contribution in [2.45, 2.75) is 0 Å². The molecule has 3 nitrogen and oxygen atoms in total. The number of rotatable bonds is 0. The Labute approximate surface area is 112 Å². The standard InChI is InChI=1S/C13H7Cl2N3/c14-8-4-1-3-7-10(8)16-13-11(7)17-12-9(15)5-2-6-18(12)13/h1-6,16H. The smallest absolute Gasteiger partial charge is 0.157 e. The third-order valence-corrected chi connectivity index (χ3v) is 3.72. The van der Waals surface area contributed by atoms with Crippen molar-refractivity contribution in [1.29, 1.82) is 0 Å². The van der Waals surface area contributed by atoms with Crippen molar-refractivity contribution in [2.24, 2.45) is 0 Å². The van der Waals surface area contributed by atoms with E-state index in [1.807, 2.05) is 40.9 Å². The van der Waals surface area contributed by atoms with Gasteiger partial charge in [-0.2, -0.15) is 0 Å². The summed E-state index contributed by atoms with van der Waals surface area (Å²) >= 11 is 12.3. The molecular formula is C13H7Cl2N3. The number of nitrogens with one attached hydrogen (secondary N) is 1. The van der Waals surface area contributed by atoms with Gasteiger partial charge in [-0.15, -0.1) is 0 Å². The van der Waals surface area contributed by atoms with Gasteiger partial charge in [-0.1, -0.05) is 35.3 Å². The quantitative estimate of drug-likeness (QED) is 0.511. The first-order chi connectivity index (χ1) is 8.75. The Morgan fingerprint density at radius 1 is 1.06 bits per heavy atom. The van der Waals surface area contributed by atoms with E-state index in [1.54, 1.807) is 0 Å². The number of para-hydroxylation sites is 1. The average molecular weight is 276 g/mol. The van der Waals surface area contributed by atoms with Crippen LogP contribution in [0.5, 0.6) is 0 Å². The summed E-state index contributed by atoms with van der Waals surface area (Å²) in [5.74, 6) is 0. The van der Waals surface area contributed by atoms with Gasteiger partial charge in [0.25, 0.3) is 0 Å². The molecule has 0 saturated carbocycles. The summed E-state index contributed by atoms with van der Waals surface area (Å²) in [5.41, 5.74) is 3.46. The number of hydrogen-bond acceptors (Lipinski definition) is 1. The molecule has 0 spiro atoms. The zero-order valence-corrected chi connectivity index (χ0v) is 10.6. The Balaban J connectivity index is 2.32. The number of benzene rings is 1. The van der Waals surface area contributed by atoms with Crippen molar-refractivity contribution < 1.29 is 0 Å². The van der Waals surface area contributed by atoms with E-state index in [1.165, 1.54) is 0 Å². The Morgan fingerprint density at radius 2 is 1.89 bits per heavy atom. The van der Waals surface area contributed by atoms with Crippen LogP contribution in [-0.2, 0) is 0 Å². The minimum Gasteiger partial charge on any atom is -0.338 e. The van der Waals surface area contributed by atoms with E-state index in [9.17, 15) is 0 Å². The number of H-pyrrole nitrogens is 1. The van der Waals surface area contributed by atoms with Crippen molar-refractivity contribution in [3.63, 3.8) is 0 Å². The molecule has 0 aliphatic rings. The second kappa shape index (κ2) is 3.40. The molecule has 0 radical (unpaired) electrons. The second-order valence-corrected chi connectivity index (χ2v) is 4.96. The molecule has 0 atom stereocenters. The minimum absolute atomic E-state index is 0.636. The maximum absolute atomic E-state index is 6.17. The number of pyridine rings is 1. The number of halogens is 2. The number of hydrogen-bond donors (Lipinski definition) is 1. The van der Waals surface area contributed by atoms with E-state index in [0.717, 1.165) is 27.7 Å². The third kappa shape index (κ3) is 1.18. The van der Waals surface area contributed by atoms with Gasteiger partial charge in [-0.05, 0) is 18.2 Å². The summed E-state index contributed by atoms with van der Waals surface area (Å²) in [4.78, 5) is 7.89. The van der Waals surface area contributed by atoms with Crippen LogP contribution in [0.4, 0.5) is 0 Å². The number of aromatic nitrogens is 3. The Bertz CT molecular complexity index is 829. The molecular weight excluding hydrogens is 269 g/mol. The fourth-order valence-corrected chi connectivity index (χ4v) is 2.74. The van der Waals surface area contributed by atoms with Crippen LogP contribution in [0, 0.1) is 0 Å². The maximum Gasteiger partial charge on any atom is 0.157 e. The van der Waals surface area contributed by atoms with Crippen LogP contribution in [0.2, 0.25) is 10.0 Å². The zero-order valence-electron chi connectivity index (χ0n) is 9.11. The number of nitrogens with zero attached hydrogens (tertiary/aromatic N) is 2. The van der Waals surface area contributed by atoms with Crippen LogP contribution in [0.3, 0.4) is 0 Å². The Hall–Kier alpha value is -1.71. The average Bonchev–Trinajstić information content (AvgIpc) is 2.88. The third-order valence-electron chi connectivity index (χ3n) is 3.11. The highest BCUT2D eigenvalue weighted by Gasteiger charge is 2.13. The molecule has 18 heavy (non-hydrogen) atoms. The lowest BCUT2D eigenvalue weighted by atomic mass is 10.2. The normalized spacial score (nSPS) is 11.9. The molecule has 0 fully saturated rings. The molecule has 0 unspecified atom stereocenters. The van der Waals surface area contributed by atoms with Crippen LogP contribution in [-0.4, -0.2) is 14.4 Å². The lowest BCUT2D eigenvalue weighted by Crippen LogP contribution is -1.84. The van der Waals surface area contributed by atoms with Gasteiger partial charge in [0.15, 0.2) is 5.65 Å². The summed E-state index contributed by atoms with van der Waals surface area (Å²) in [6, 6.07) is 9.50. The molecule has 0 amide bonds. The molecule has 0 aliphatic heterocycles. The minimum atomic E-state index is 0.636. The van der Waals surface area contributed by atoms with Crippen molar-refractivity contribution in [1.82, 2.24) is 14.4 Å². The van der Waals surface area contributed by atoms with Gasteiger partial charge >= 0.3 is 0 Å². The van der Waals surface area contributed by atoms with Crippen molar-refractivity contribution in [3.8, 4) is 0 Å². The number of fused-ring (bicyclic) bond motifs is 5. The summed E-state index contributed by atoms with van der Waals surface area (Å²) in [6.45, 7) is 0. The maximum atomic E-state index is 6.17. The van der Waals surface area contributed by atoms with E-state index >= 15 is 0 Å². The fraction of sp³-hybridized carbons (Fsp3) is 0. The molecule has 0 saturated heterocycles. The van der Waals surface area contributed by atoms with E-state index in [4.69, 9.17) is 23.2 Å². The summed E-state index contributed by atoms with van der Waals surface area (Å²) in [7, 11) is 0. The topological polar surface area (TPSA) is 33.1 Å². The SMILES string of the molecule is Clc1cccc2c1[nH]c1c2nc2c(Cl)cccn21. The Morgan fingerprint density at radius 3 is 2.78 bits per heavy atom. The molecule has 1 aromatic carbocycles. The van der Waals surface area contributed by atoms with Gasteiger partial charge in [0.1, 0.15) is 11.2 Å². The second-order valence-electron chi connectivity index (χ2n) is 4.15. The summed E-state index contributed by atoms with van der Waals surface area (Å²) in [5, 5.41) is 2.34.